The van der Waals surface area contributed by atoms with Crippen LogP contribution < -0.4 is 5.32 Å². The highest BCUT2D eigenvalue weighted by Gasteiger charge is 2.28. The molecule has 2 rings (SSSR count). The second-order valence-electron chi connectivity index (χ2n) is 7.64. The minimum atomic E-state index is -0.476. The van der Waals surface area contributed by atoms with Crippen LogP contribution in [0.1, 0.15) is 49.8 Å². The molecule has 0 spiro atoms. The number of hydrogen-bond acceptors (Lipinski definition) is 3. The van der Waals surface area contributed by atoms with Crippen LogP contribution in [0.2, 0.25) is 5.02 Å². The van der Waals surface area contributed by atoms with Crippen molar-refractivity contribution in [2.45, 2.75) is 58.4 Å². The Hall–Kier alpha value is -1.98. The van der Waals surface area contributed by atoms with Gasteiger partial charge >= 0.3 is 0 Å². The maximum Gasteiger partial charge on any atom is 0.242 e. The number of nitrogens with zero attached hydrogens (tertiary/aromatic N) is 1. The van der Waals surface area contributed by atoms with Gasteiger partial charge in [0, 0.05) is 23.9 Å². The van der Waals surface area contributed by atoms with Gasteiger partial charge in [0.15, 0.2) is 0 Å². The van der Waals surface area contributed by atoms with Crippen LogP contribution in [0.4, 0.5) is 0 Å². The summed E-state index contributed by atoms with van der Waals surface area (Å²) in [5.41, 5.74) is 3.27. The molecule has 0 aliphatic rings. The van der Waals surface area contributed by atoms with Crippen molar-refractivity contribution in [2.75, 3.05) is 12.3 Å². The smallest absolute Gasteiger partial charge is 0.242 e. The van der Waals surface area contributed by atoms with E-state index in [0.29, 0.717) is 36.0 Å². The molecule has 0 bridgehead atoms. The predicted molar refractivity (Wildman–Crippen MR) is 131 cm³/mol. The summed E-state index contributed by atoms with van der Waals surface area (Å²) in [4.78, 5) is 27.9. The first kappa shape index (κ1) is 25.3. The van der Waals surface area contributed by atoms with E-state index in [1.54, 1.807) is 16.7 Å². The van der Waals surface area contributed by atoms with E-state index in [9.17, 15) is 9.59 Å². The Morgan fingerprint density at radius 1 is 1.13 bits per heavy atom. The number of rotatable bonds is 12. The van der Waals surface area contributed by atoms with Gasteiger partial charge in [0.2, 0.25) is 11.8 Å². The molecule has 0 aliphatic heterocycles. The fourth-order valence-corrected chi connectivity index (χ4v) is 4.43. The number of amides is 2. The summed E-state index contributed by atoms with van der Waals surface area (Å²) in [6.45, 7) is 7.16. The highest BCUT2D eigenvalue weighted by molar-refractivity contribution is 7.99. The van der Waals surface area contributed by atoms with Crippen molar-refractivity contribution in [1.29, 1.82) is 0 Å². The topological polar surface area (TPSA) is 49.4 Å². The number of aryl methyl sites for hydroxylation is 1. The largest absolute Gasteiger partial charge is 0.354 e. The van der Waals surface area contributed by atoms with Crippen molar-refractivity contribution in [3.63, 3.8) is 0 Å². The van der Waals surface area contributed by atoms with Crippen LogP contribution in [-0.2, 0) is 21.9 Å². The first-order valence-corrected chi connectivity index (χ1v) is 12.4. The predicted octanol–water partition coefficient (Wildman–Crippen LogP) is 5.61. The summed E-state index contributed by atoms with van der Waals surface area (Å²) in [5, 5.41) is 3.70. The number of nitrogens with one attached hydrogen (secondary N) is 1. The van der Waals surface area contributed by atoms with E-state index < -0.39 is 6.04 Å². The molecule has 0 aliphatic carbocycles. The van der Waals surface area contributed by atoms with Crippen molar-refractivity contribution in [3.8, 4) is 0 Å². The van der Waals surface area contributed by atoms with E-state index in [-0.39, 0.29) is 11.8 Å². The number of carbonyl (C=O) groups excluding carboxylic acids is 2. The highest BCUT2D eigenvalue weighted by Crippen LogP contribution is 2.20. The summed E-state index contributed by atoms with van der Waals surface area (Å²) in [6, 6.07) is 15.2. The molecule has 0 aromatic heterocycles. The van der Waals surface area contributed by atoms with Gasteiger partial charge in [-0.15, -0.1) is 11.8 Å². The monoisotopic (exact) mass is 460 g/mol. The van der Waals surface area contributed by atoms with Crippen molar-refractivity contribution >= 4 is 35.2 Å². The molecule has 1 N–H and O–H groups in total. The molecule has 0 saturated carbocycles. The molecular formula is C25H33ClN2O2S. The quantitative estimate of drug-likeness (QED) is 0.419. The first-order chi connectivity index (χ1) is 15.0. The van der Waals surface area contributed by atoms with Gasteiger partial charge in [0.1, 0.15) is 6.04 Å². The van der Waals surface area contributed by atoms with Gasteiger partial charge in [-0.05, 0) is 48.6 Å². The molecule has 0 fully saturated rings. The van der Waals surface area contributed by atoms with Crippen LogP contribution in [0.15, 0.2) is 48.5 Å². The Labute approximate surface area is 195 Å². The molecular weight excluding hydrogens is 428 g/mol. The Morgan fingerprint density at radius 2 is 1.90 bits per heavy atom. The number of hydrogen-bond donors (Lipinski definition) is 1. The fraction of sp³-hybridized carbons (Fsp3) is 0.440. The zero-order valence-electron chi connectivity index (χ0n) is 18.7. The fourth-order valence-electron chi connectivity index (χ4n) is 3.36. The third-order valence-corrected chi connectivity index (χ3v) is 6.42. The number of carbonyl (C=O) groups is 2. The van der Waals surface area contributed by atoms with Crippen LogP contribution >= 0.6 is 23.4 Å². The second-order valence-corrected chi connectivity index (χ2v) is 9.06. The molecule has 1 atom stereocenters. The van der Waals surface area contributed by atoms with Crippen molar-refractivity contribution < 1.29 is 9.59 Å². The summed E-state index contributed by atoms with van der Waals surface area (Å²) in [5.74, 6) is 0.923. The maximum absolute atomic E-state index is 13.2. The van der Waals surface area contributed by atoms with Crippen molar-refractivity contribution in [3.05, 3.63) is 70.2 Å². The summed E-state index contributed by atoms with van der Waals surface area (Å²) in [7, 11) is 0. The molecule has 6 heteroatoms. The number of thioether (sulfide) groups is 1. The normalized spacial score (nSPS) is 11.7. The number of unbranched alkanes of at least 4 members (excludes halogenated alkanes) is 1. The standard InChI is InChI=1S/C25H33ClN2O2S/c1-4-6-14-27-25(30)23(5-2)28(16-21-12-8-7-10-19(21)3)24(29)18-31-17-20-11-9-13-22(26)15-20/h7-13,15,23H,4-6,14,16-18H2,1-3H3,(H,27,30)/t23-/m1/s1. The SMILES string of the molecule is CCCCNC(=O)[C@@H](CC)N(Cc1ccccc1C)C(=O)CSCc1cccc(Cl)c1. The van der Waals surface area contributed by atoms with Gasteiger partial charge in [-0.25, -0.2) is 0 Å². The highest BCUT2D eigenvalue weighted by atomic mass is 35.5. The summed E-state index contributed by atoms with van der Waals surface area (Å²) >= 11 is 7.61. The molecule has 0 saturated heterocycles. The van der Waals surface area contributed by atoms with Gasteiger partial charge in [0.25, 0.3) is 0 Å². The third-order valence-electron chi connectivity index (χ3n) is 5.20. The lowest BCUT2D eigenvalue weighted by atomic mass is 10.1. The van der Waals surface area contributed by atoms with E-state index in [4.69, 9.17) is 11.6 Å². The Kier molecular flexibility index (Phi) is 11.0. The van der Waals surface area contributed by atoms with Gasteiger partial charge < -0.3 is 10.2 Å². The average Bonchev–Trinajstić information content (AvgIpc) is 2.75. The molecule has 0 unspecified atom stereocenters. The molecule has 0 radical (unpaired) electrons. The van der Waals surface area contributed by atoms with Crippen LogP contribution in [0.5, 0.6) is 0 Å². The Bertz CT molecular complexity index is 859. The van der Waals surface area contributed by atoms with Crippen LogP contribution in [0.25, 0.3) is 0 Å². The first-order valence-electron chi connectivity index (χ1n) is 10.9. The molecule has 31 heavy (non-hydrogen) atoms. The molecule has 0 heterocycles. The minimum Gasteiger partial charge on any atom is -0.354 e. The van der Waals surface area contributed by atoms with Gasteiger partial charge in [-0.2, -0.15) is 0 Å². The van der Waals surface area contributed by atoms with E-state index >= 15 is 0 Å². The average molecular weight is 461 g/mol. The van der Waals surface area contributed by atoms with Crippen LogP contribution in [-0.4, -0.2) is 35.1 Å². The summed E-state index contributed by atoms with van der Waals surface area (Å²) in [6.07, 6.45) is 2.53. The minimum absolute atomic E-state index is 0.0206. The third kappa shape index (κ3) is 8.23. The summed E-state index contributed by atoms with van der Waals surface area (Å²) < 4.78 is 0. The lowest BCUT2D eigenvalue weighted by Crippen LogP contribution is -2.49. The van der Waals surface area contributed by atoms with Crippen LogP contribution in [0.3, 0.4) is 0 Å². The second kappa shape index (κ2) is 13.4. The Morgan fingerprint density at radius 3 is 2.58 bits per heavy atom. The lowest BCUT2D eigenvalue weighted by molar-refractivity contribution is -0.139. The van der Waals surface area contributed by atoms with Gasteiger partial charge in [-0.3, -0.25) is 9.59 Å². The molecule has 168 valence electrons. The van der Waals surface area contributed by atoms with E-state index in [2.05, 4.69) is 12.2 Å². The number of benzene rings is 2. The maximum atomic E-state index is 13.2. The van der Waals surface area contributed by atoms with Crippen LogP contribution in [0, 0.1) is 6.92 Å². The molecule has 4 nitrogen and oxygen atoms in total. The molecule has 2 aromatic carbocycles. The van der Waals surface area contributed by atoms with E-state index in [0.717, 1.165) is 29.5 Å². The molecule has 2 aromatic rings. The Balaban J connectivity index is 2.11. The van der Waals surface area contributed by atoms with E-state index in [1.807, 2.05) is 62.4 Å². The zero-order chi connectivity index (χ0) is 22.6. The van der Waals surface area contributed by atoms with Gasteiger partial charge in [0.05, 0.1) is 5.75 Å². The molecule has 2 amide bonds. The van der Waals surface area contributed by atoms with E-state index in [1.165, 1.54) is 0 Å². The number of halogens is 1. The van der Waals surface area contributed by atoms with Gasteiger partial charge in [-0.1, -0.05) is 68.3 Å². The lowest BCUT2D eigenvalue weighted by Gasteiger charge is -2.31. The van der Waals surface area contributed by atoms with Crippen molar-refractivity contribution in [2.24, 2.45) is 0 Å². The zero-order valence-corrected chi connectivity index (χ0v) is 20.3. The van der Waals surface area contributed by atoms with Crippen molar-refractivity contribution in [1.82, 2.24) is 10.2 Å².